The van der Waals surface area contributed by atoms with Crippen LogP contribution in [0.4, 0.5) is 18.9 Å². The monoisotopic (exact) mass is 434 g/mol. The first-order valence-electron chi connectivity index (χ1n) is 8.39. The summed E-state index contributed by atoms with van der Waals surface area (Å²) < 4.78 is 70.8. The summed E-state index contributed by atoms with van der Waals surface area (Å²) in [6.45, 7) is 0.879. The van der Waals surface area contributed by atoms with E-state index >= 15 is 0 Å². The van der Waals surface area contributed by atoms with Crippen LogP contribution in [0.1, 0.15) is 5.56 Å². The summed E-state index contributed by atoms with van der Waals surface area (Å²) in [5.74, 6) is 0.255. The number of benzene rings is 2. The van der Waals surface area contributed by atoms with Gasteiger partial charge in [0.25, 0.3) is 0 Å². The average molecular weight is 435 g/mol. The van der Waals surface area contributed by atoms with Crippen LogP contribution in [-0.2, 0) is 16.2 Å². The fourth-order valence-corrected chi connectivity index (χ4v) is 4.65. The van der Waals surface area contributed by atoms with Crippen molar-refractivity contribution in [3.63, 3.8) is 0 Å². The zero-order valence-electron chi connectivity index (χ0n) is 14.9. The number of rotatable bonds is 4. The molecule has 1 aliphatic heterocycles. The molecule has 0 aromatic heterocycles. The third-order valence-electron chi connectivity index (χ3n) is 4.54. The lowest BCUT2D eigenvalue weighted by atomic mass is 10.1. The van der Waals surface area contributed by atoms with Crippen LogP contribution in [0.5, 0.6) is 5.75 Å². The van der Waals surface area contributed by atoms with Gasteiger partial charge in [-0.25, -0.2) is 8.42 Å². The minimum absolute atomic E-state index is 0.0567. The number of halogens is 4. The van der Waals surface area contributed by atoms with E-state index in [0.29, 0.717) is 10.7 Å². The third kappa shape index (κ3) is 4.21. The Balaban J connectivity index is 1.75. The summed E-state index contributed by atoms with van der Waals surface area (Å²) in [6, 6.07) is 9.24. The Kier molecular flexibility index (Phi) is 5.79. The van der Waals surface area contributed by atoms with Crippen molar-refractivity contribution >= 4 is 27.3 Å². The number of alkyl halides is 3. The Morgan fingerprint density at radius 1 is 1.04 bits per heavy atom. The molecular weight excluding hydrogens is 417 g/mol. The molecule has 152 valence electrons. The van der Waals surface area contributed by atoms with Gasteiger partial charge in [0.15, 0.2) is 0 Å². The van der Waals surface area contributed by atoms with Crippen LogP contribution in [0.3, 0.4) is 0 Å². The zero-order valence-corrected chi connectivity index (χ0v) is 16.5. The molecule has 1 fully saturated rings. The molecule has 0 aliphatic carbocycles. The van der Waals surface area contributed by atoms with Crippen molar-refractivity contribution in [3.8, 4) is 5.75 Å². The van der Waals surface area contributed by atoms with Crippen LogP contribution in [0.15, 0.2) is 47.4 Å². The van der Waals surface area contributed by atoms with Crippen LogP contribution < -0.4 is 9.64 Å². The first-order valence-corrected chi connectivity index (χ1v) is 10.2. The van der Waals surface area contributed by atoms with Gasteiger partial charge in [-0.2, -0.15) is 17.5 Å². The zero-order chi connectivity index (χ0) is 20.5. The molecule has 0 N–H and O–H groups in total. The van der Waals surface area contributed by atoms with Gasteiger partial charge in [-0.15, -0.1) is 0 Å². The molecule has 0 unspecified atom stereocenters. The second-order valence-electron chi connectivity index (χ2n) is 6.24. The second kappa shape index (κ2) is 7.81. The molecule has 2 aromatic rings. The van der Waals surface area contributed by atoms with Crippen molar-refractivity contribution in [2.24, 2.45) is 0 Å². The number of nitrogens with zero attached hydrogens (tertiary/aromatic N) is 2. The minimum Gasteiger partial charge on any atom is -0.495 e. The van der Waals surface area contributed by atoms with Crippen molar-refractivity contribution in [2.75, 3.05) is 38.2 Å². The molecule has 0 saturated carbocycles. The van der Waals surface area contributed by atoms with E-state index in [9.17, 15) is 21.6 Å². The number of ether oxygens (including phenoxy) is 1. The molecule has 1 saturated heterocycles. The Morgan fingerprint density at radius 2 is 1.71 bits per heavy atom. The van der Waals surface area contributed by atoms with Crippen LogP contribution in [0.2, 0.25) is 5.02 Å². The SMILES string of the molecule is COc1cc(S(=O)(=O)N2CCN(c3cccc(C(F)(F)F)c3)CC2)ccc1Cl. The highest BCUT2D eigenvalue weighted by molar-refractivity contribution is 7.89. The Labute approximate surface area is 166 Å². The molecule has 0 amide bonds. The molecule has 0 bridgehead atoms. The molecule has 1 aliphatic rings. The number of methoxy groups -OCH3 is 1. The van der Waals surface area contributed by atoms with E-state index in [2.05, 4.69) is 0 Å². The van der Waals surface area contributed by atoms with E-state index in [-0.39, 0.29) is 36.8 Å². The van der Waals surface area contributed by atoms with Gasteiger partial charge in [0, 0.05) is 37.9 Å². The lowest BCUT2D eigenvalue weighted by Crippen LogP contribution is -2.48. The van der Waals surface area contributed by atoms with Crippen molar-refractivity contribution in [3.05, 3.63) is 53.1 Å². The maximum atomic E-state index is 12.9. The van der Waals surface area contributed by atoms with Gasteiger partial charge in [-0.1, -0.05) is 17.7 Å². The molecule has 5 nitrogen and oxygen atoms in total. The minimum atomic E-state index is -4.42. The Morgan fingerprint density at radius 3 is 2.32 bits per heavy atom. The summed E-state index contributed by atoms with van der Waals surface area (Å²) in [5.41, 5.74) is -0.312. The summed E-state index contributed by atoms with van der Waals surface area (Å²) in [4.78, 5) is 1.80. The average Bonchev–Trinajstić information content (AvgIpc) is 2.68. The number of hydrogen-bond donors (Lipinski definition) is 0. The summed E-state index contributed by atoms with van der Waals surface area (Å²) >= 11 is 5.94. The van der Waals surface area contributed by atoms with Gasteiger partial charge in [-0.3, -0.25) is 0 Å². The molecule has 0 spiro atoms. The fraction of sp³-hybridized carbons (Fsp3) is 0.333. The molecule has 2 aromatic carbocycles. The number of sulfonamides is 1. The van der Waals surface area contributed by atoms with E-state index in [4.69, 9.17) is 16.3 Å². The first kappa shape index (κ1) is 20.8. The molecule has 1 heterocycles. The van der Waals surface area contributed by atoms with E-state index in [0.717, 1.165) is 12.1 Å². The van der Waals surface area contributed by atoms with Crippen LogP contribution in [0.25, 0.3) is 0 Å². The maximum absolute atomic E-state index is 12.9. The molecule has 3 rings (SSSR count). The first-order chi connectivity index (χ1) is 13.1. The number of hydrogen-bond acceptors (Lipinski definition) is 4. The lowest BCUT2D eigenvalue weighted by Gasteiger charge is -2.35. The summed E-state index contributed by atoms with van der Waals surface area (Å²) in [7, 11) is -2.37. The fourth-order valence-electron chi connectivity index (χ4n) is 3.02. The van der Waals surface area contributed by atoms with Crippen molar-refractivity contribution in [1.29, 1.82) is 0 Å². The van der Waals surface area contributed by atoms with Crippen molar-refractivity contribution in [2.45, 2.75) is 11.1 Å². The van der Waals surface area contributed by atoms with Gasteiger partial charge < -0.3 is 9.64 Å². The van der Waals surface area contributed by atoms with Crippen LogP contribution >= 0.6 is 11.6 Å². The molecule has 10 heteroatoms. The normalized spacial score (nSPS) is 16.2. The quantitative estimate of drug-likeness (QED) is 0.732. The van der Waals surface area contributed by atoms with E-state index in [1.54, 1.807) is 11.0 Å². The van der Waals surface area contributed by atoms with Gasteiger partial charge in [-0.05, 0) is 30.3 Å². The van der Waals surface area contributed by atoms with E-state index in [1.807, 2.05) is 0 Å². The van der Waals surface area contributed by atoms with Gasteiger partial charge in [0.05, 0.1) is 22.6 Å². The van der Waals surface area contributed by atoms with Gasteiger partial charge in [0.1, 0.15) is 5.75 Å². The summed E-state index contributed by atoms with van der Waals surface area (Å²) in [5, 5.41) is 0.302. The molecule has 0 radical (unpaired) electrons. The molecule has 0 atom stereocenters. The predicted octanol–water partition coefficient (Wildman–Crippen LogP) is 3.88. The van der Waals surface area contributed by atoms with Crippen molar-refractivity contribution in [1.82, 2.24) is 4.31 Å². The molecular formula is C18H18ClF3N2O3S. The number of piperazine rings is 1. The Hall–Kier alpha value is -1.97. The maximum Gasteiger partial charge on any atom is 0.416 e. The largest absolute Gasteiger partial charge is 0.495 e. The van der Waals surface area contributed by atoms with Gasteiger partial charge >= 0.3 is 6.18 Å². The van der Waals surface area contributed by atoms with E-state index in [1.165, 1.54) is 35.7 Å². The van der Waals surface area contributed by atoms with Crippen LogP contribution in [0, 0.1) is 0 Å². The lowest BCUT2D eigenvalue weighted by molar-refractivity contribution is -0.137. The standard InChI is InChI=1S/C18H18ClF3N2O3S/c1-27-17-12-15(5-6-16(17)19)28(25,26)24-9-7-23(8-10-24)14-4-2-3-13(11-14)18(20,21)22/h2-6,11-12H,7-10H2,1H3. The highest BCUT2D eigenvalue weighted by Crippen LogP contribution is 2.32. The van der Waals surface area contributed by atoms with Gasteiger partial charge in [0.2, 0.25) is 10.0 Å². The predicted molar refractivity (Wildman–Crippen MR) is 100 cm³/mol. The highest BCUT2D eigenvalue weighted by atomic mass is 35.5. The third-order valence-corrected chi connectivity index (χ3v) is 6.74. The topological polar surface area (TPSA) is 49.9 Å². The number of anilines is 1. The van der Waals surface area contributed by atoms with Crippen LogP contribution in [-0.4, -0.2) is 46.0 Å². The Bertz CT molecular complexity index is 959. The van der Waals surface area contributed by atoms with E-state index < -0.39 is 21.8 Å². The smallest absolute Gasteiger partial charge is 0.416 e. The molecule has 28 heavy (non-hydrogen) atoms. The highest BCUT2D eigenvalue weighted by Gasteiger charge is 2.32. The second-order valence-corrected chi connectivity index (χ2v) is 8.58. The summed E-state index contributed by atoms with van der Waals surface area (Å²) in [6.07, 6.45) is -4.42. The van der Waals surface area contributed by atoms with Crippen molar-refractivity contribution < 1.29 is 26.3 Å².